The molecule has 0 aliphatic rings. The highest BCUT2D eigenvalue weighted by atomic mass is 79.9. The summed E-state index contributed by atoms with van der Waals surface area (Å²) >= 11 is 9.54. The van der Waals surface area contributed by atoms with Gasteiger partial charge >= 0.3 is 5.97 Å². The highest BCUT2D eigenvalue weighted by Gasteiger charge is 2.12. The first-order chi connectivity index (χ1) is 7.00. The molecule has 0 saturated carbocycles. The van der Waals surface area contributed by atoms with Crippen molar-refractivity contribution in [3.63, 3.8) is 0 Å². The van der Waals surface area contributed by atoms with Crippen LogP contribution < -0.4 is 0 Å². The zero-order valence-corrected chi connectivity index (χ0v) is 10.7. The van der Waals surface area contributed by atoms with E-state index in [4.69, 9.17) is 16.7 Å². The van der Waals surface area contributed by atoms with Gasteiger partial charge in [-0.25, -0.2) is 0 Å². The van der Waals surface area contributed by atoms with Gasteiger partial charge in [0.15, 0.2) is 0 Å². The fourth-order valence-electron chi connectivity index (χ4n) is 1.29. The Balaban J connectivity index is 2.73. The maximum absolute atomic E-state index is 10.4. The van der Waals surface area contributed by atoms with Crippen molar-refractivity contribution in [1.82, 2.24) is 0 Å². The lowest BCUT2D eigenvalue weighted by Gasteiger charge is -2.11. The van der Waals surface area contributed by atoms with Crippen LogP contribution in [0.2, 0.25) is 0 Å². The third-order valence-corrected chi connectivity index (χ3v) is 3.25. The Hall–Kier alpha value is -0.540. The Labute approximate surface area is 102 Å². The van der Waals surface area contributed by atoms with Crippen LogP contribution in [-0.2, 0) is 4.79 Å². The molecule has 0 bridgehead atoms. The number of alkyl halides is 1. The van der Waals surface area contributed by atoms with Crippen LogP contribution in [0.3, 0.4) is 0 Å². The molecule has 1 N–H and O–H groups in total. The summed E-state index contributed by atoms with van der Waals surface area (Å²) < 4.78 is 0.938. The van der Waals surface area contributed by atoms with Gasteiger partial charge in [0, 0.05) is 10.9 Å². The van der Waals surface area contributed by atoms with Crippen LogP contribution in [0.1, 0.15) is 29.3 Å². The van der Waals surface area contributed by atoms with E-state index >= 15 is 0 Å². The van der Waals surface area contributed by atoms with Crippen LogP contribution in [-0.4, -0.2) is 11.1 Å². The fourth-order valence-corrected chi connectivity index (χ4v) is 2.49. The Morgan fingerprint density at radius 2 is 2.27 bits per heavy atom. The van der Waals surface area contributed by atoms with E-state index in [1.807, 2.05) is 25.1 Å². The predicted octanol–water partition coefficient (Wildman–Crippen LogP) is 3.90. The fraction of sp³-hybridized carbons (Fsp3) is 0.364. The van der Waals surface area contributed by atoms with Crippen molar-refractivity contribution < 1.29 is 9.90 Å². The van der Waals surface area contributed by atoms with Crippen molar-refractivity contribution in [2.75, 3.05) is 0 Å². The lowest BCUT2D eigenvalue weighted by molar-refractivity contribution is -0.137. The highest BCUT2D eigenvalue weighted by Crippen LogP contribution is 2.32. The van der Waals surface area contributed by atoms with Crippen LogP contribution in [0.25, 0.3) is 0 Å². The number of benzene rings is 1. The second-order valence-electron chi connectivity index (χ2n) is 3.42. The molecule has 4 heteroatoms. The van der Waals surface area contributed by atoms with E-state index in [2.05, 4.69) is 15.9 Å². The molecule has 1 rings (SSSR count). The van der Waals surface area contributed by atoms with E-state index in [-0.39, 0.29) is 11.8 Å². The molecule has 15 heavy (non-hydrogen) atoms. The monoisotopic (exact) mass is 290 g/mol. The van der Waals surface area contributed by atoms with Crippen molar-refractivity contribution in [3.05, 3.63) is 33.8 Å². The van der Waals surface area contributed by atoms with E-state index in [1.165, 1.54) is 0 Å². The number of hydrogen-bond acceptors (Lipinski definition) is 1. The summed E-state index contributed by atoms with van der Waals surface area (Å²) in [5.41, 5.74) is 2.09. The number of hydrogen-bond donors (Lipinski definition) is 1. The van der Waals surface area contributed by atoms with Crippen LogP contribution in [0, 0.1) is 6.92 Å². The van der Waals surface area contributed by atoms with Gasteiger partial charge < -0.3 is 5.11 Å². The number of carboxylic acids is 1. The molecule has 0 amide bonds. The Bertz CT molecular complexity index is 366. The van der Waals surface area contributed by atoms with Crippen molar-refractivity contribution >= 4 is 33.5 Å². The van der Waals surface area contributed by atoms with Gasteiger partial charge in [0.2, 0.25) is 0 Å². The topological polar surface area (TPSA) is 37.3 Å². The maximum Gasteiger partial charge on any atom is 0.303 e. The largest absolute Gasteiger partial charge is 0.481 e. The van der Waals surface area contributed by atoms with Crippen molar-refractivity contribution in [2.24, 2.45) is 0 Å². The zero-order valence-electron chi connectivity index (χ0n) is 8.34. The van der Waals surface area contributed by atoms with Crippen molar-refractivity contribution in [2.45, 2.75) is 25.1 Å². The van der Waals surface area contributed by atoms with E-state index in [0.29, 0.717) is 6.42 Å². The van der Waals surface area contributed by atoms with E-state index in [9.17, 15) is 4.79 Å². The highest BCUT2D eigenvalue weighted by molar-refractivity contribution is 9.10. The molecular formula is C11H12BrClO2. The average molecular weight is 292 g/mol. The van der Waals surface area contributed by atoms with E-state index < -0.39 is 5.97 Å². The van der Waals surface area contributed by atoms with Crippen LogP contribution in [0.4, 0.5) is 0 Å². The quantitative estimate of drug-likeness (QED) is 0.854. The summed E-state index contributed by atoms with van der Waals surface area (Å²) in [5, 5.41) is 8.30. The van der Waals surface area contributed by atoms with Gasteiger partial charge in [-0.3, -0.25) is 4.79 Å². The third-order valence-electron chi connectivity index (χ3n) is 2.11. The summed E-state index contributed by atoms with van der Waals surface area (Å²) in [6, 6.07) is 5.88. The zero-order chi connectivity index (χ0) is 11.4. The standard InChI is InChI=1S/C11H12BrClO2/c1-7-2-3-8(9(12)6-7)10(13)4-5-11(14)15/h2-3,6,10H,4-5H2,1H3,(H,14,15). The van der Waals surface area contributed by atoms with E-state index in [0.717, 1.165) is 15.6 Å². The number of carbonyl (C=O) groups is 1. The lowest BCUT2D eigenvalue weighted by Crippen LogP contribution is -1.99. The molecule has 1 unspecified atom stereocenters. The molecule has 1 atom stereocenters. The minimum absolute atomic E-state index is 0.0917. The molecule has 0 radical (unpaired) electrons. The summed E-state index contributed by atoms with van der Waals surface area (Å²) in [6.07, 6.45) is 0.535. The van der Waals surface area contributed by atoms with Gasteiger partial charge in [-0.2, -0.15) is 0 Å². The Morgan fingerprint density at radius 3 is 2.80 bits per heavy atom. The lowest BCUT2D eigenvalue weighted by atomic mass is 10.1. The predicted molar refractivity (Wildman–Crippen MR) is 64.3 cm³/mol. The number of aliphatic carboxylic acids is 1. The second kappa shape index (κ2) is 5.52. The van der Waals surface area contributed by atoms with Crippen LogP contribution >= 0.6 is 27.5 Å². The summed E-state index contributed by atoms with van der Waals surface area (Å²) in [4.78, 5) is 10.4. The van der Waals surface area contributed by atoms with Crippen molar-refractivity contribution in [1.29, 1.82) is 0 Å². The van der Waals surface area contributed by atoms with Gasteiger partial charge in [-0.1, -0.05) is 28.1 Å². The number of rotatable bonds is 4. The smallest absolute Gasteiger partial charge is 0.303 e. The average Bonchev–Trinajstić information content (AvgIpc) is 2.14. The summed E-state index contributed by atoms with van der Waals surface area (Å²) in [7, 11) is 0. The van der Waals surface area contributed by atoms with Gasteiger partial charge in [-0.05, 0) is 30.5 Å². The molecule has 82 valence electrons. The van der Waals surface area contributed by atoms with E-state index in [1.54, 1.807) is 0 Å². The molecule has 0 saturated heterocycles. The minimum atomic E-state index is -0.816. The van der Waals surface area contributed by atoms with Gasteiger partial charge in [-0.15, -0.1) is 11.6 Å². The summed E-state index contributed by atoms with van der Waals surface area (Å²) in [6.45, 7) is 2.00. The maximum atomic E-state index is 10.4. The molecule has 2 nitrogen and oxygen atoms in total. The van der Waals surface area contributed by atoms with Crippen LogP contribution in [0.5, 0.6) is 0 Å². The van der Waals surface area contributed by atoms with Crippen LogP contribution in [0.15, 0.2) is 22.7 Å². The molecule has 0 aliphatic carbocycles. The molecule has 1 aromatic rings. The summed E-state index contributed by atoms with van der Waals surface area (Å²) in [5.74, 6) is -0.816. The number of aryl methyl sites for hydroxylation is 1. The molecule has 0 aromatic heterocycles. The van der Waals surface area contributed by atoms with Crippen molar-refractivity contribution in [3.8, 4) is 0 Å². The molecule has 0 spiro atoms. The SMILES string of the molecule is Cc1ccc(C(Cl)CCC(=O)O)c(Br)c1. The Kier molecular flexibility index (Phi) is 4.61. The molecular weight excluding hydrogens is 279 g/mol. The second-order valence-corrected chi connectivity index (χ2v) is 4.81. The van der Waals surface area contributed by atoms with Gasteiger partial charge in [0.1, 0.15) is 0 Å². The number of carboxylic acid groups (broad SMARTS) is 1. The molecule has 1 aromatic carbocycles. The van der Waals surface area contributed by atoms with Gasteiger partial charge in [0.25, 0.3) is 0 Å². The third kappa shape index (κ3) is 3.84. The molecule has 0 fully saturated rings. The number of halogens is 2. The first-order valence-corrected chi connectivity index (χ1v) is 5.85. The molecule has 0 heterocycles. The first kappa shape index (κ1) is 12.5. The van der Waals surface area contributed by atoms with Gasteiger partial charge in [0.05, 0.1) is 5.38 Å². The first-order valence-electron chi connectivity index (χ1n) is 4.62. The normalized spacial score (nSPS) is 12.5. The molecule has 0 aliphatic heterocycles. The Morgan fingerprint density at radius 1 is 1.60 bits per heavy atom. The minimum Gasteiger partial charge on any atom is -0.481 e.